The Kier molecular flexibility index (Phi) is 6.21. The standard InChI is InChI=1S/C29H23NO4S/c1-19-9-11-21(12-10-19)27(31)25-26(24-8-5-17-35-24)30(29(33)28(25)32)22-13-15-23(16-14-22)34-18-20-6-3-2-4-7-20/h2-17,26,31H,18H2,1H3/b27-25-. The van der Waals surface area contributed by atoms with Gasteiger partial charge >= 0.3 is 0 Å². The van der Waals surface area contributed by atoms with Gasteiger partial charge in [0, 0.05) is 16.1 Å². The maximum Gasteiger partial charge on any atom is 0.300 e. The fourth-order valence-electron chi connectivity index (χ4n) is 4.13. The van der Waals surface area contributed by atoms with Crippen molar-refractivity contribution in [1.82, 2.24) is 0 Å². The summed E-state index contributed by atoms with van der Waals surface area (Å²) in [6.45, 7) is 2.37. The van der Waals surface area contributed by atoms with Gasteiger partial charge in [-0.2, -0.15) is 0 Å². The molecular formula is C29H23NO4S. The average Bonchev–Trinajstić information content (AvgIpc) is 3.51. The van der Waals surface area contributed by atoms with Crippen LogP contribution in [-0.4, -0.2) is 16.8 Å². The van der Waals surface area contributed by atoms with Crippen molar-refractivity contribution in [3.63, 3.8) is 0 Å². The lowest BCUT2D eigenvalue weighted by molar-refractivity contribution is -0.132. The smallest absolute Gasteiger partial charge is 0.300 e. The minimum absolute atomic E-state index is 0.0886. The van der Waals surface area contributed by atoms with Crippen LogP contribution in [-0.2, 0) is 16.2 Å². The van der Waals surface area contributed by atoms with E-state index in [0.717, 1.165) is 16.0 Å². The lowest BCUT2D eigenvalue weighted by Crippen LogP contribution is -2.29. The Morgan fingerprint density at radius 1 is 0.914 bits per heavy atom. The second kappa shape index (κ2) is 9.60. The Balaban J connectivity index is 1.49. The number of carbonyl (C=O) groups is 2. The number of aliphatic hydroxyl groups is 1. The molecule has 4 aromatic rings. The number of aryl methyl sites for hydroxylation is 1. The molecular weight excluding hydrogens is 458 g/mol. The van der Waals surface area contributed by atoms with Crippen LogP contribution in [0.15, 0.2) is 102 Å². The van der Waals surface area contributed by atoms with Crippen molar-refractivity contribution in [3.8, 4) is 5.75 Å². The van der Waals surface area contributed by atoms with Crippen molar-refractivity contribution in [2.24, 2.45) is 0 Å². The Labute approximate surface area is 207 Å². The van der Waals surface area contributed by atoms with Crippen molar-refractivity contribution in [1.29, 1.82) is 0 Å². The summed E-state index contributed by atoms with van der Waals surface area (Å²) in [5.74, 6) is -0.894. The molecule has 1 N–H and O–H groups in total. The zero-order chi connectivity index (χ0) is 24.4. The highest BCUT2D eigenvalue weighted by atomic mass is 32.1. The molecule has 0 bridgehead atoms. The fraction of sp³-hybridized carbons (Fsp3) is 0.103. The number of anilines is 1. The molecule has 1 saturated heterocycles. The molecule has 0 saturated carbocycles. The first-order valence-corrected chi connectivity index (χ1v) is 12.1. The van der Waals surface area contributed by atoms with Crippen LogP contribution in [0.25, 0.3) is 5.76 Å². The van der Waals surface area contributed by atoms with Gasteiger partial charge in [0.15, 0.2) is 0 Å². The third-order valence-electron chi connectivity index (χ3n) is 5.95. The van der Waals surface area contributed by atoms with Gasteiger partial charge in [0.2, 0.25) is 0 Å². The Bertz CT molecular complexity index is 1380. The van der Waals surface area contributed by atoms with Gasteiger partial charge in [0.25, 0.3) is 11.7 Å². The molecule has 0 radical (unpaired) electrons. The number of benzene rings is 3. The van der Waals surface area contributed by atoms with Crippen molar-refractivity contribution in [2.45, 2.75) is 19.6 Å². The zero-order valence-electron chi connectivity index (χ0n) is 19.0. The maximum absolute atomic E-state index is 13.2. The number of rotatable bonds is 6. The average molecular weight is 482 g/mol. The van der Waals surface area contributed by atoms with Crippen molar-refractivity contribution in [2.75, 3.05) is 4.90 Å². The number of amides is 1. The van der Waals surface area contributed by atoms with E-state index in [1.807, 2.05) is 66.9 Å². The molecule has 5 nitrogen and oxygen atoms in total. The van der Waals surface area contributed by atoms with E-state index in [1.54, 1.807) is 36.4 Å². The minimum Gasteiger partial charge on any atom is -0.507 e. The van der Waals surface area contributed by atoms with Crippen molar-refractivity contribution < 1.29 is 19.4 Å². The summed E-state index contributed by atoms with van der Waals surface area (Å²) in [7, 11) is 0. The van der Waals surface area contributed by atoms with Crippen LogP contribution in [0.3, 0.4) is 0 Å². The van der Waals surface area contributed by atoms with Crippen LogP contribution in [0, 0.1) is 6.92 Å². The minimum atomic E-state index is -0.715. The third kappa shape index (κ3) is 4.48. The summed E-state index contributed by atoms with van der Waals surface area (Å²) in [6, 6.07) is 27.2. The summed E-state index contributed by atoms with van der Waals surface area (Å²) >= 11 is 1.43. The Morgan fingerprint density at radius 3 is 2.29 bits per heavy atom. The molecule has 0 spiro atoms. The molecule has 1 atom stereocenters. The van der Waals surface area contributed by atoms with Gasteiger partial charge in [0.05, 0.1) is 5.57 Å². The molecule has 6 heteroatoms. The van der Waals surface area contributed by atoms with E-state index >= 15 is 0 Å². The largest absolute Gasteiger partial charge is 0.507 e. The van der Waals surface area contributed by atoms with Gasteiger partial charge in [-0.05, 0) is 48.2 Å². The summed E-state index contributed by atoms with van der Waals surface area (Å²) in [5.41, 5.74) is 3.23. The maximum atomic E-state index is 13.2. The summed E-state index contributed by atoms with van der Waals surface area (Å²) < 4.78 is 5.87. The first kappa shape index (κ1) is 22.6. The highest BCUT2D eigenvalue weighted by Crippen LogP contribution is 2.43. The van der Waals surface area contributed by atoms with Crippen LogP contribution in [0.5, 0.6) is 5.75 Å². The molecule has 1 unspecified atom stereocenters. The first-order valence-electron chi connectivity index (χ1n) is 11.2. The number of hydrogen-bond acceptors (Lipinski definition) is 5. The summed E-state index contributed by atoms with van der Waals surface area (Å²) in [6.07, 6.45) is 0. The van der Waals surface area contributed by atoms with Gasteiger partial charge in [-0.15, -0.1) is 11.3 Å². The van der Waals surface area contributed by atoms with Crippen LogP contribution in [0.4, 0.5) is 5.69 Å². The Hall–Kier alpha value is -4.16. The molecule has 5 rings (SSSR count). The number of thiophene rings is 1. The zero-order valence-corrected chi connectivity index (χ0v) is 19.9. The summed E-state index contributed by atoms with van der Waals surface area (Å²) in [4.78, 5) is 28.6. The molecule has 1 amide bonds. The molecule has 1 fully saturated rings. The predicted molar refractivity (Wildman–Crippen MR) is 137 cm³/mol. The number of carbonyl (C=O) groups excluding carboxylic acids is 2. The molecule has 0 aliphatic carbocycles. The van der Waals surface area contributed by atoms with Crippen LogP contribution in [0.1, 0.15) is 27.6 Å². The fourth-order valence-corrected chi connectivity index (χ4v) is 4.95. The molecule has 1 aliphatic rings. The monoisotopic (exact) mass is 481 g/mol. The molecule has 1 aromatic heterocycles. The van der Waals surface area contributed by atoms with Crippen LogP contribution < -0.4 is 9.64 Å². The van der Waals surface area contributed by atoms with E-state index in [2.05, 4.69) is 0 Å². The predicted octanol–water partition coefficient (Wildman–Crippen LogP) is 6.26. The normalized spacial score (nSPS) is 17.1. The number of Topliss-reactive ketones (excluding diaryl/α,β-unsaturated/α-hetero) is 1. The number of aliphatic hydroxyl groups excluding tert-OH is 1. The number of hydrogen-bond donors (Lipinski definition) is 1. The van der Waals surface area contributed by atoms with Gasteiger partial charge in [-0.25, -0.2) is 0 Å². The second-order valence-electron chi connectivity index (χ2n) is 8.32. The van der Waals surface area contributed by atoms with Gasteiger partial charge < -0.3 is 9.84 Å². The van der Waals surface area contributed by atoms with Gasteiger partial charge in [-0.1, -0.05) is 66.2 Å². The van der Waals surface area contributed by atoms with E-state index in [1.165, 1.54) is 16.2 Å². The van der Waals surface area contributed by atoms with E-state index in [0.29, 0.717) is 23.6 Å². The van der Waals surface area contributed by atoms with E-state index in [-0.39, 0.29) is 11.3 Å². The lowest BCUT2D eigenvalue weighted by atomic mass is 9.99. The van der Waals surface area contributed by atoms with E-state index in [9.17, 15) is 14.7 Å². The molecule has 1 aliphatic heterocycles. The number of nitrogens with zero attached hydrogens (tertiary/aromatic N) is 1. The lowest BCUT2D eigenvalue weighted by Gasteiger charge is -2.24. The second-order valence-corrected chi connectivity index (χ2v) is 9.30. The number of ketones is 1. The quantitative estimate of drug-likeness (QED) is 0.200. The van der Waals surface area contributed by atoms with Gasteiger partial charge in [0.1, 0.15) is 24.2 Å². The topological polar surface area (TPSA) is 66.8 Å². The van der Waals surface area contributed by atoms with Crippen LogP contribution in [0.2, 0.25) is 0 Å². The van der Waals surface area contributed by atoms with Crippen molar-refractivity contribution >= 4 is 34.5 Å². The van der Waals surface area contributed by atoms with E-state index in [4.69, 9.17) is 4.74 Å². The van der Waals surface area contributed by atoms with Crippen LogP contribution >= 0.6 is 11.3 Å². The highest BCUT2D eigenvalue weighted by molar-refractivity contribution is 7.10. The molecule has 2 heterocycles. The molecule has 35 heavy (non-hydrogen) atoms. The molecule has 174 valence electrons. The van der Waals surface area contributed by atoms with E-state index < -0.39 is 17.7 Å². The van der Waals surface area contributed by atoms with Gasteiger partial charge in [-0.3, -0.25) is 14.5 Å². The Morgan fingerprint density at radius 2 is 1.63 bits per heavy atom. The first-order chi connectivity index (χ1) is 17.0. The van der Waals surface area contributed by atoms with Crippen molar-refractivity contribution in [3.05, 3.63) is 124 Å². The SMILES string of the molecule is Cc1ccc(/C(O)=C2/C(=O)C(=O)N(c3ccc(OCc4ccccc4)cc3)C2c2cccs2)cc1. The summed E-state index contributed by atoms with van der Waals surface area (Å²) in [5, 5.41) is 13.0. The highest BCUT2D eigenvalue weighted by Gasteiger charge is 2.47. The molecule has 3 aromatic carbocycles. The third-order valence-corrected chi connectivity index (χ3v) is 6.87. The number of ether oxygens (including phenoxy) is 1.